The molecule has 0 aliphatic carbocycles. The van der Waals surface area contributed by atoms with Gasteiger partial charge in [0.1, 0.15) is 5.56 Å². The van der Waals surface area contributed by atoms with Crippen LogP contribution in [-0.4, -0.2) is 51.8 Å². The Bertz CT molecular complexity index is 644. The first kappa shape index (κ1) is 15.7. The molecule has 1 aliphatic rings. The van der Waals surface area contributed by atoms with Gasteiger partial charge in [-0.3, -0.25) is 18.9 Å². The van der Waals surface area contributed by atoms with Crippen molar-refractivity contribution in [3.63, 3.8) is 0 Å². The predicted molar refractivity (Wildman–Crippen MR) is 82.5 cm³/mol. The maximum absolute atomic E-state index is 12.4. The highest BCUT2D eigenvalue weighted by molar-refractivity contribution is 7.71. The number of morpholine rings is 1. The Hall–Kier alpha value is -1.67. The third-order valence-electron chi connectivity index (χ3n) is 3.40. The van der Waals surface area contributed by atoms with E-state index in [1.54, 1.807) is 0 Å². The van der Waals surface area contributed by atoms with Crippen LogP contribution in [0.15, 0.2) is 9.90 Å². The van der Waals surface area contributed by atoms with Gasteiger partial charge in [0, 0.05) is 13.1 Å². The van der Waals surface area contributed by atoms with Crippen LogP contribution in [0.1, 0.15) is 19.4 Å². The van der Waals surface area contributed by atoms with Crippen LogP contribution >= 0.6 is 12.2 Å². The molecule has 0 saturated carbocycles. The molecule has 1 fully saturated rings. The zero-order valence-corrected chi connectivity index (χ0v) is 13.1. The fourth-order valence-corrected chi connectivity index (χ4v) is 2.62. The summed E-state index contributed by atoms with van der Waals surface area (Å²) in [5.41, 5.74) is -0.152. The molecule has 2 heterocycles. The number of ether oxygens (including phenoxy) is 1. The normalized spacial score (nSPS) is 15.8. The summed E-state index contributed by atoms with van der Waals surface area (Å²) in [6.07, 6.45) is 1.41. The number of nitrogens with zero attached hydrogens (tertiary/aromatic N) is 4. The van der Waals surface area contributed by atoms with Crippen molar-refractivity contribution in [2.75, 3.05) is 26.3 Å². The molecule has 0 aromatic carbocycles. The van der Waals surface area contributed by atoms with Crippen molar-refractivity contribution in [3.05, 3.63) is 20.7 Å². The number of hydrogen-bond acceptors (Lipinski definition) is 6. The molecule has 1 aliphatic heterocycles. The van der Waals surface area contributed by atoms with Crippen molar-refractivity contribution in [1.82, 2.24) is 14.1 Å². The van der Waals surface area contributed by atoms with Gasteiger partial charge in [0.05, 0.1) is 32.5 Å². The standard InChI is InChI=1S/C13H20N4O3S/c1-3-16-11(18)10(12(19)17(4-2)13(16)21)9-14-15-5-7-20-8-6-15/h9,18H,3-8H2,1-2H3/b14-9+. The topological polar surface area (TPSA) is 72.0 Å². The molecule has 0 unspecified atom stereocenters. The smallest absolute Gasteiger partial charge is 0.267 e. The van der Waals surface area contributed by atoms with Crippen LogP contribution in [0.5, 0.6) is 5.88 Å². The molecule has 7 nitrogen and oxygen atoms in total. The third kappa shape index (κ3) is 3.16. The minimum Gasteiger partial charge on any atom is -0.494 e. The van der Waals surface area contributed by atoms with Gasteiger partial charge in [0.15, 0.2) is 4.77 Å². The summed E-state index contributed by atoms with van der Waals surface area (Å²) in [5.74, 6) is -0.130. The molecule has 116 valence electrons. The lowest BCUT2D eigenvalue weighted by Crippen LogP contribution is -2.33. The Balaban J connectivity index is 2.45. The predicted octanol–water partition coefficient (Wildman–Crippen LogP) is 0.791. The molecular formula is C13H20N4O3S. The van der Waals surface area contributed by atoms with Crippen LogP contribution in [0, 0.1) is 4.77 Å². The van der Waals surface area contributed by atoms with E-state index in [9.17, 15) is 9.90 Å². The monoisotopic (exact) mass is 312 g/mol. The van der Waals surface area contributed by atoms with Gasteiger partial charge in [-0.25, -0.2) is 0 Å². The van der Waals surface area contributed by atoms with E-state index in [0.29, 0.717) is 44.2 Å². The number of aromatic nitrogens is 2. The summed E-state index contributed by atoms with van der Waals surface area (Å²) in [7, 11) is 0. The number of aromatic hydroxyl groups is 1. The van der Waals surface area contributed by atoms with E-state index in [-0.39, 0.29) is 17.0 Å². The summed E-state index contributed by atoms with van der Waals surface area (Å²) >= 11 is 5.23. The average molecular weight is 312 g/mol. The van der Waals surface area contributed by atoms with Gasteiger partial charge in [0.2, 0.25) is 5.88 Å². The fraction of sp³-hybridized carbons (Fsp3) is 0.615. The van der Waals surface area contributed by atoms with Crippen molar-refractivity contribution < 1.29 is 9.84 Å². The van der Waals surface area contributed by atoms with Gasteiger partial charge in [-0.15, -0.1) is 0 Å². The summed E-state index contributed by atoms with van der Waals surface area (Å²) in [5, 5.41) is 16.3. The van der Waals surface area contributed by atoms with Crippen molar-refractivity contribution in [1.29, 1.82) is 0 Å². The Morgan fingerprint density at radius 2 is 1.90 bits per heavy atom. The second kappa shape index (κ2) is 6.86. The minimum absolute atomic E-state index is 0.130. The summed E-state index contributed by atoms with van der Waals surface area (Å²) in [6, 6.07) is 0. The molecule has 1 aromatic heterocycles. The second-order valence-electron chi connectivity index (χ2n) is 4.62. The molecule has 2 rings (SSSR count). The van der Waals surface area contributed by atoms with Crippen LogP contribution < -0.4 is 5.56 Å². The van der Waals surface area contributed by atoms with E-state index in [2.05, 4.69) is 5.10 Å². The highest BCUT2D eigenvalue weighted by Gasteiger charge is 2.14. The summed E-state index contributed by atoms with van der Waals surface area (Å²) in [6.45, 7) is 7.23. The van der Waals surface area contributed by atoms with E-state index < -0.39 is 0 Å². The van der Waals surface area contributed by atoms with Crippen molar-refractivity contribution in [2.45, 2.75) is 26.9 Å². The Morgan fingerprint density at radius 1 is 1.29 bits per heavy atom. The molecule has 1 saturated heterocycles. The third-order valence-corrected chi connectivity index (χ3v) is 3.84. The van der Waals surface area contributed by atoms with Gasteiger partial charge in [-0.05, 0) is 26.1 Å². The van der Waals surface area contributed by atoms with E-state index in [1.807, 2.05) is 18.9 Å². The SMILES string of the molecule is CCn1c(O)c(/C=N/N2CCOCC2)c(=O)n(CC)c1=S. The minimum atomic E-state index is -0.318. The zero-order chi connectivity index (χ0) is 15.4. The van der Waals surface area contributed by atoms with Crippen molar-refractivity contribution >= 4 is 18.4 Å². The van der Waals surface area contributed by atoms with Gasteiger partial charge in [0.25, 0.3) is 5.56 Å². The highest BCUT2D eigenvalue weighted by atomic mass is 32.1. The maximum atomic E-state index is 12.4. The first-order chi connectivity index (χ1) is 10.1. The number of rotatable bonds is 4. The number of hydrogen-bond donors (Lipinski definition) is 1. The molecule has 0 atom stereocenters. The van der Waals surface area contributed by atoms with Crippen molar-refractivity contribution in [3.8, 4) is 5.88 Å². The van der Waals surface area contributed by atoms with Crippen molar-refractivity contribution in [2.24, 2.45) is 5.10 Å². The molecule has 21 heavy (non-hydrogen) atoms. The molecule has 0 bridgehead atoms. The largest absolute Gasteiger partial charge is 0.494 e. The second-order valence-corrected chi connectivity index (χ2v) is 4.99. The van der Waals surface area contributed by atoms with E-state index in [0.717, 1.165) is 0 Å². The molecule has 1 N–H and O–H groups in total. The molecule has 8 heteroatoms. The average Bonchev–Trinajstić information content (AvgIpc) is 2.49. The first-order valence-electron chi connectivity index (χ1n) is 7.03. The quantitative estimate of drug-likeness (QED) is 0.657. The Labute approximate surface area is 128 Å². The van der Waals surface area contributed by atoms with Crippen LogP contribution in [-0.2, 0) is 17.8 Å². The first-order valence-corrected chi connectivity index (χ1v) is 7.44. The molecule has 0 spiro atoms. The summed E-state index contributed by atoms with van der Waals surface area (Å²) < 4.78 is 8.55. The van der Waals surface area contributed by atoms with Gasteiger partial charge >= 0.3 is 0 Å². The lowest BCUT2D eigenvalue weighted by molar-refractivity contribution is 0.0396. The zero-order valence-electron chi connectivity index (χ0n) is 12.3. The van der Waals surface area contributed by atoms with Crippen LogP contribution in [0.2, 0.25) is 0 Å². The van der Waals surface area contributed by atoms with Crippen LogP contribution in [0.4, 0.5) is 0 Å². The van der Waals surface area contributed by atoms with E-state index >= 15 is 0 Å². The maximum Gasteiger partial charge on any atom is 0.267 e. The van der Waals surface area contributed by atoms with E-state index in [4.69, 9.17) is 17.0 Å². The fourth-order valence-electron chi connectivity index (χ4n) is 2.20. The lowest BCUT2D eigenvalue weighted by atomic mass is 10.3. The number of hydrazone groups is 1. The lowest BCUT2D eigenvalue weighted by Gasteiger charge is -2.23. The van der Waals surface area contributed by atoms with Crippen LogP contribution in [0.3, 0.4) is 0 Å². The molecule has 0 radical (unpaired) electrons. The Kier molecular flexibility index (Phi) is 5.13. The van der Waals surface area contributed by atoms with Gasteiger partial charge in [-0.2, -0.15) is 5.10 Å². The van der Waals surface area contributed by atoms with Crippen LogP contribution in [0.25, 0.3) is 0 Å². The van der Waals surface area contributed by atoms with Gasteiger partial charge in [-0.1, -0.05) is 0 Å². The van der Waals surface area contributed by atoms with E-state index in [1.165, 1.54) is 15.3 Å². The summed E-state index contributed by atoms with van der Waals surface area (Å²) in [4.78, 5) is 12.4. The molecule has 0 amide bonds. The Morgan fingerprint density at radius 3 is 2.48 bits per heavy atom. The van der Waals surface area contributed by atoms with Gasteiger partial charge < -0.3 is 9.84 Å². The highest BCUT2D eigenvalue weighted by Crippen LogP contribution is 2.13. The molecular weight excluding hydrogens is 292 g/mol. The molecule has 1 aromatic rings.